The third kappa shape index (κ3) is 2.46. The molecule has 2 heteroatoms. The van der Waals surface area contributed by atoms with Crippen LogP contribution in [0.3, 0.4) is 0 Å². The van der Waals surface area contributed by atoms with Crippen LogP contribution in [0.1, 0.15) is 39.5 Å². The van der Waals surface area contributed by atoms with E-state index in [1.807, 2.05) is 0 Å². The fourth-order valence-corrected chi connectivity index (χ4v) is 1.92. The lowest BCUT2D eigenvalue weighted by Crippen LogP contribution is -2.35. The van der Waals surface area contributed by atoms with Crippen molar-refractivity contribution in [3.8, 4) is 0 Å². The fraction of sp³-hybridized carbons (Fsp3) is 1.00. The SMILES string of the molecule is CCCC(CC)C1CCNN1. The van der Waals surface area contributed by atoms with Crippen molar-refractivity contribution in [1.29, 1.82) is 0 Å². The third-order valence-corrected chi connectivity index (χ3v) is 2.62. The molecule has 1 heterocycles. The Morgan fingerprint density at radius 1 is 1.45 bits per heavy atom. The van der Waals surface area contributed by atoms with Crippen LogP contribution in [0.5, 0.6) is 0 Å². The molecule has 1 fully saturated rings. The van der Waals surface area contributed by atoms with E-state index in [0.29, 0.717) is 0 Å². The number of nitrogens with one attached hydrogen (secondary N) is 2. The molecule has 0 aromatic rings. The highest BCUT2D eigenvalue weighted by Gasteiger charge is 2.21. The van der Waals surface area contributed by atoms with Gasteiger partial charge in [0, 0.05) is 12.6 Å². The Bertz CT molecular complexity index is 97.7. The fourth-order valence-electron chi connectivity index (χ4n) is 1.92. The Morgan fingerprint density at radius 3 is 2.73 bits per heavy atom. The molecule has 1 saturated heterocycles. The van der Waals surface area contributed by atoms with Crippen LogP contribution in [0, 0.1) is 5.92 Å². The van der Waals surface area contributed by atoms with Crippen molar-refractivity contribution in [3.05, 3.63) is 0 Å². The molecule has 66 valence electrons. The lowest BCUT2D eigenvalue weighted by Gasteiger charge is -2.20. The summed E-state index contributed by atoms with van der Waals surface area (Å²) in [7, 11) is 0. The van der Waals surface area contributed by atoms with E-state index in [-0.39, 0.29) is 0 Å². The van der Waals surface area contributed by atoms with E-state index >= 15 is 0 Å². The topological polar surface area (TPSA) is 24.1 Å². The second-order valence-electron chi connectivity index (χ2n) is 3.42. The second-order valence-corrected chi connectivity index (χ2v) is 3.42. The number of hydrogen-bond acceptors (Lipinski definition) is 2. The van der Waals surface area contributed by atoms with Crippen molar-refractivity contribution >= 4 is 0 Å². The minimum absolute atomic E-state index is 0.736. The number of rotatable bonds is 4. The molecular weight excluding hydrogens is 136 g/mol. The maximum absolute atomic E-state index is 3.34. The predicted molar refractivity (Wildman–Crippen MR) is 48.2 cm³/mol. The first kappa shape index (κ1) is 9.01. The molecule has 0 aliphatic carbocycles. The molecule has 2 atom stereocenters. The van der Waals surface area contributed by atoms with Gasteiger partial charge in [0.1, 0.15) is 0 Å². The predicted octanol–water partition coefficient (Wildman–Crippen LogP) is 1.68. The van der Waals surface area contributed by atoms with Crippen LogP contribution in [0.4, 0.5) is 0 Å². The number of hydrogen-bond donors (Lipinski definition) is 2. The molecule has 2 unspecified atom stereocenters. The van der Waals surface area contributed by atoms with E-state index in [1.165, 1.54) is 25.7 Å². The van der Waals surface area contributed by atoms with Gasteiger partial charge in [-0.1, -0.05) is 26.7 Å². The highest BCUT2D eigenvalue weighted by atomic mass is 15.4. The Balaban J connectivity index is 2.27. The molecule has 0 radical (unpaired) electrons. The van der Waals surface area contributed by atoms with Crippen molar-refractivity contribution in [2.45, 2.75) is 45.6 Å². The van der Waals surface area contributed by atoms with Crippen LogP contribution in [-0.2, 0) is 0 Å². The third-order valence-electron chi connectivity index (χ3n) is 2.62. The summed E-state index contributed by atoms with van der Waals surface area (Å²) in [5, 5.41) is 0. The first-order chi connectivity index (χ1) is 5.38. The minimum Gasteiger partial charge on any atom is -0.258 e. The summed E-state index contributed by atoms with van der Waals surface area (Å²) in [5.41, 5.74) is 6.54. The molecule has 1 aliphatic rings. The summed E-state index contributed by atoms with van der Waals surface area (Å²) in [5.74, 6) is 0.884. The molecule has 0 aromatic carbocycles. The highest BCUT2D eigenvalue weighted by Crippen LogP contribution is 2.18. The van der Waals surface area contributed by atoms with Gasteiger partial charge in [-0.05, 0) is 18.8 Å². The zero-order valence-electron chi connectivity index (χ0n) is 7.69. The smallest absolute Gasteiger partial charge is 0.0253 e. The zero-order chi connectivity index (χ0) is 8.10. The van der Waals surface area contributed by atoms with Gasteiger partial charge in [-0.25, -0.2) is 0 Å². The normalized spacial score (nSPS) is 27.3. The summed E-state index contributed by atoms with van der Waals surface area (Å²) in [6, 6.07) is 0.736. The summed E-state index contributed by atoms with van der Waals surface area (Å²) in [6.07, 6.45) is 5.30. The molecule has 11 heavy (non-hydrogen) atoms. The van der Waals surface area contributed by atoms with Crippen LogP contribution >= 0.6 is 0 Å². The molecule has 0 aromatic heterocycles. The van der Waals surface area contributed by atoms with Crippen LogP contribution in [0.15, 0.2) is 0 Å². The van der Waals surface area contributed by atoms with Crippen molar-refractivity contribution in [2.75, 3.05) is 6.54 Å². The second kappa shape index (κ2) is 4.73. The van der Waals surface area contributed by atoms with E-state index in [2.05, 4.69) is 24.7 Å². The van der Waals surface area contributed by atoms with E-state index in [9.17, 15) is 0 Å². The minimum atomic E-state index is 0.736. The van der Waals surface area contributed by atoms with Gasteiger partial charge >= 0.3 is 0 Å². The van der Waals surface area contributed by atoms with E-state index in [4.69, 9.17) is 0 Å². The lowest BCUT2D eigenvalue weighted by atomic mass is 9.91. The Hall–Kier alpha value is -0.0800. The van der Waals surface area contributed by atoms with Crippen molar-refractivity contribution in [1.82, 2.24) is 10.9 Å². The summed E-state index contributed by atoms with van der Waals surface area (Å²) < 4.78 is 0. The van der Waals surface area contributed by atoms with Gasteiger partial charge in [0.15, 0.2) is 0 Å². The lowest BCUT2D eigenvalue weighted by molar-refractivity contribution is 0.341. The van der Waals surface area contributed by atoms with Gasteiger partial charge in [0.2, 0.25) is 0 Å². The monoisotopic (exact) mass is 156 g/mol. The molecule has 0 amide bonds. The average Bonchev–Trinajstić information content (AvgIpc) is 2.52. The van der Waals surface area contributed by atoms with Gasteiger partial charge in [-0.2, -0.15) is 0 Å². The standard InChI is InChI=1S/C9H20N2/c1-3-5-8(4-2)9-6-7-10-11-9/h8-11H,3-7H2,1-2H3. The van der Waals surface area contributed by atoms with Crippen LogP contribution in [0.2, 0.25) is 0 Å². The summed E-state index contributed by atoms with van der Waals surface area (Å²) in [6.45, 7) is 5.70. The Kier molecular flexibility index (Phi) is 3.87. The quantitative estimate of drug-likeness (QED) is 0.647. The molecule has 0 spiro atoms. The van der Waals surface area contributed by atoms with Crippen LogP contribution in [0.25, 0.3) is 0 Å². The molecular formula is C9H20N2. The largest absolute Gasteiger partial charge is 0.258 e. The van der Waals surface area contributed by atoms with Gasteiger partial charge in [-0.3, -0.25) is 10.9 Å². The zero-order valence-corrected chi connectivity index (χ0v) is 7.69. The number of hydrazine groups is 1. The summed E-state index contributed by atoms with van der Waals surface area (Å²) >= 11 is 0. The van der Waals surface area contributed by atoms with Crippen molar-refractivity contribution in [2.24, 2.45) is 5.92 Å². The maximum atomic E-state index is 3.34. The maximum Gasteiger partial charge on any atom is 0.0253 e. The molecule has 1 rings (SSSR count). The molecule has 0 saturated carbocycles. The molecule has 2 N–H and O–H groups in total. The van der Waals surface area contributed by atoms with Crippen molar-refractivity contribution in [3.63, 3.8) is 0 Å². The van der Waals surface area contributed by atoms with E-state index < -0.39 is 0 Å². The van der Waals surface area contributed by atoms with Gasteiger partial charge in [0.25, 0.3) is 0 Å². The molecule has 1 aliphatic heterocycles. The van der Waals surface area contributed by atoms with Gasteiger partial charge in [-0.15, -0.1) is 0 Å². The van der Waals surface area contributed by atoms with Crippen LogP contribution in [-0.4, -0.2) is 12.6 Å². The summed E-state index contributed by atoms with van der Waals surface area (Å²) in [4.78, 5) is 0. The Labute approximate surface area is 69.7 Å². The average molecular weight is 156 g/mol. The molecule has 2 nitrogen and oxygen atoms in total. The Morgan fingerprint density at radius 2 is 2.27 bits per heavy atom. The van der Waals surface area contributed by atoms with E-state index in [0.717, 1.165) is 18.5 Å². The van der Waals surface area contributed by atoms with Gasteiger partial charge < -0.3 is 0 Å². The van der Waals surface area contributed by atoms with Gasteiger partial charge in [0.05, 0.1) is 0 Å². The molecule has 0 bridgehead atoms. The van der Waals surface area contributed by atoms with Crippen LogP contribution < -0.4 is 10.9 Å². The van der Waals surface area contributed by atoms with E-state index in [1.54, 1.807) is 0 Å². The highest BCUT2D eigenvalue weighted by molar-refractivity contribution is 4.78. The first-order valence-corrected chi connectivity index (χ1v) is 4.86. The van der Waals surface area contributed by atoms with Crippen molar-refractivity contribution < 1.29 is 0 Å². The first-order valence-electron chi connectivity index (χ1n) is 4.86.